The van der Waals surface area contributed by atoms with E-state index in [1.54, 1.807) is 0 Å². The van der Waals surface area contributed by atoms with Crippen molar-refractivity contribution in [3.63, 3.8) is 0 Å². The van der Waals surface area contributed by atoms with E-state index in [4.69, 9.17) is 0 Å². The van der Waals surface area contributed by atoms with Crippen LogP contribution in [0.25, 0.3) is 0 Å². The first-order valence-corrected chi connectivity index (χ1v) is 5.59. The van der Waals surface area contributed by atoms with Crippen molar-refractivity contribution >= 4 is 85.7 Å². The molecule has 0 radical (unpaired) electrons. The van der Waals surface area contributed by atoms with E-state index in [0.717, 1.165) is 7.06 Å². The minimum absolute atomic E-state index is 0.134. The Hall–Kier alpha value is 0.739. The van der Waals surface area contributed by atoms with Crippen molar-refractivity contribution in [3.8, 4) is 0 Å². The number of rotatable bonds is 5. The quantitative estimate of drug-likeness (QED) is 0.396. The lowest BCUT2D eigenvalue weighted by molar-refractivity contribution is 0.612. The van der Waals surface area contributed by atoms with E-state index in [9.17, 15) is 5.02 Å². The highest BCUT2D eigenvalue weighted by Crippen LogP contribution is 1.93. The molecule has 0 fully saturated rings. The normalized spacial score (nSPS) is 8.69. The van der Waals surface area contributed by atoms with Crippen molar-refractivity contribution < 1.29 is 5.02 Å². The van der Waals surface area contributed by atoms with E-state index < -0.39 is 0 Å². The van der Waals surface area contributed by atoms with Crippen molar-refractivity contribution in [1.82, 2.24) is 0 Å². The lowest BCUT2D eigenvalue weighted by Gasteiger charge is -2.25. The molecule has 0 aromatic carbocycles. The summed E-state index contributed by atoms with van der Waals surface area (Å²) in [7, 11) is 14.2. The van der Waals surface area contributed by atoms with Crippen molar-refractivity contribution in [3.05, 3.63) is 0 Å². The van der Waals surface area contributed by atoms with Crippen LogP contribution in [-0.2, 0) is 0 Å². The minimum Gasteiger partial charge on any atom is -0.470 e. The molecule has 0 atom stereocenters. The molecule has 1 nitrogen and oxygen atoms in total. The summed E-state index contributed by atoms with van der Waals surface area (Å²) in [5.74, 6) is 0. The largest absolute Gasteiger partial charge is 0.470 e. The molecule has 56 valence electrons. The summed E-state index contributed by atoms with van der Waals surface area (Å²) < 4.78 is 0. The van der Waals surface area contributed by atoms with E-state index >= 15 is 0 Å². The second-order valence-electron chi connectivity index (χ2n) is 4.94. The van der Waals surface area contributed by atoms with Crippen molar-refractivity contribution in [1.29, 1.82) is 0 Å². The van der Waals surface area contributed by atoms with Gasteiger partial charge in [-0.15, -0.1) is 0 Å². The van der Waals surface area contributed by atoms with Crippen LogP contribution >= 0.6 is 0 Å². The lowest BCUT2D eigenvalue weighted by Crippen LogP contribution is -2.68. The summed E-state index contributed by atoms with van der Waals surface area (Å²) in [5, 5.41) is 10.1. The molecule has 0 rings (SSSR count). The summed E-state index contributed by atoms with van der Waals surface area (Å²) in [6.45, 7) is -0.134. The van der Waals surface area contributed by atoms with Gasteiger partial charge in [-0.05, 0) is 0 Å². The van der Waals surface area contributed by atoms with Crippen LogP contribution in [0.15, 0.2) is 0 Å². The lowest BCUT2D eigenvalue weighted by atomic mass is 8.57. The first-order chi connectivity index (χ1) is 5.91. The van der Waals surface area contributed by atoms with Crippen LogP contribution in [0.1, 0.15) is 0 Å². The van der Waals surface area contributed by atoms with Gasteiger partial charge in [0, 0.05) is 26.2 Å². The molecule has 0 heterocycles. The van der Waals surface area contributed by atoms with Gasteiger partial charge in [-0.25, -0.2) is 0 Å². The molecule has 0 aromatic rings. The third-order valence-electron chi connectivity index (χ3n) is 3.16. The Kier molecular flexibility index (Phi) is 6.62. The van der Waals surface area contributed by atoms with Crippen molar-refractivity contribution in [2.75, 3.05) is 0 Å². The first-order valence-electron chi connectivity index (χ1n) is 5.59. The van der Waals surface area contributed by atoms with Gasteiger partial charge in [0.25, 0.3) is 0 Å². The average molecular weight is 160 g/mol. The maximum atomic E-state index is 10.1. The molecule has 0 unspecified atom stereocenters. The predicted octanol–water partition coefficient (Wildman–Crippen LogP) is -8.61. The molecule has 13 heavy (non-hydrogen) atoms. The number of hydrogen-bond acceptors (Lipinski definition) is 1. The Bertz CT molecular complexity index is 121. The highest BCUT2D eigenvalue weighted by molar-refractivity contribution is 8.01. The Morgan fingerprint density at radius 2 is 1.31 bits per heavy atom. The Labute approximate surface area is 91.0 Å². The molecular weight excluding hydrogens is 146 g/mol. The van der Waals surface area contributed by atoms with Gasteiger partial charge in [0.05, 0.1) is 52.8 Å². The maximum Gasteiger partial charge on any atom is 0.182 e. The number of hydrogen-bond donors (Lipinski definition) is 1. The summed E-state index contributed by atoms with van der Waals surface area (Å²) in [4.78, 5) is 0. The van der Waals surface area contributed by atoms with Crippen LogP contribution in [0.5, 0.6) is 0 Å². The topological polar surface area (TPSA) is 20.2 Å². The minimum atomic E-state index is -0.134. The van der Waals surface area contributed by atoms with Gasteiger partial charge in [0.2, 0.25) is 0 Å². The fourth-order valence-corrected chi connectivity index (χ4v) is 2.18. The molecule has 0 bridgehead atoms. The fraction of sp³-hybridized carbons (Fsp3) is 0. The molecule has 0 aromatic heterocycles. The Balaban J connectivity index is 4.36. The van der Waals surface area contributed by atoms with Crippen LogP contribution in [0.4, 0.5) is 0 Å². The monoisotopic (exact) mass is 162 g/mol. The van der Waals surface area contributed by atoms with Gasteiger partial charge in [-0.2, -0.15) is 0 Å². The fourth-order valence-electron chi connectivity index (χ4n) is 2.18. The first kappa shape index (κ1) is 13.7. The molecular formula is H14B12O. The Morgan fingerprint density at radius 1 is 0.923 bits per heavy atom. The SMILES string of the molecule is BBB(B)B(O)B(B(B)B)B(B)B. The van der Waals surface area contributed by atoms with E-state index in [0.29, 0.717) is 25.5 Å². The van der Waals surface area contributed by atoms with Gasteiger partial charge < -0.3 is 5.02 Å². The molecule has 0 aliphatic carbocycles. The van der Waals surface area contributed by atoms with Crippen LogP contribution in [-0.4, -0.2) is 90.7 Å². The van der Waals surface area contributed by atoms with Crippen molar-refractivity contribution in [2.45, 2.75) is 0 Å². The van der Waals surface area contributed by atoms with E-state index in [2.05, 4.69) is 46.4 Å². The smallest absolute Gasteiger partial charge is 0.182 e. The van der Waals surface area contributed by atoms with E-state index in [-0.39, 0.29) is 6.70 Å². The molecule has 1 N–H and O–H groups in total. The van der Waals surface area contributed by atoms with Crippen LogP contribution in [0.2, 0.25) is 0 Å². The van der Waals surface area contributed by atoms with Gasteiger partial charge in [-0.3, -0.25) is 0 Å². The molecule has 0 aliphatic rings. The summed E-state index contributed by atoms with van der Waals surface area (Å²) in [6, 6.07) is 0. The molecule has 0 saturated heterocycles. The zero-order chi connectivity index (χ0) is 10.6. The van der Waals surface area contributed by atoms with E-state index in [1.165, 1.54) is 0 Å². The van der Waals surface area contributed by atoms with Gasteiger partial charge in [0.15, 0.2) is 6.70 Å². The second-order valence-corrected chi connectivity index (χ2v) is 4.94. The van der Waals surface area contributed by atoms with Crippen molar-refractivity contribution in [2.24, 2.45) is 0 Å². The average Bonchev–Trinajstić information content (AvgIpc) is 2.01. The van der Waals surface area contributed by atoms with E-state index in [1.807, 2.05) is 0 Å². The summed E-state index contributed by atoms with van der Waals surface area (Å²) >= 11 is 0. The third-order valence-corrected chi connectivity index (χ3v) is 3.16. The van der Waals surface area contributed by atoms with Gasteiger partial charge >= 0.3 is 0 Å². The maximum absolute atomic E-state index is 10.1. The highest BCUT2D eigenvalue weighted by atomic mass is 16.2. The molecule has 13 heteroatoms. The van der Waals surface area contributed by atoms with Crippen LogP contribution in [0, 0.1) is 0 Å². The zero-order valence-electron chi connectivity index (χ0n) is 10.0. The summed E-state index contributed by atoms with van der Waals surface area (Å²) in [6.07, 6.45) is 2.01. The third kappa shape index (κ3) is 4.18. The molecule has 0 aliphatic heterocycles. The van der Waals surface area contributed by atoms with Gasteiger partial charge in [0.1, 0.15) is 0 Å². The summed E-state index contributed by atoms with van der Waals surface area (Å²) in [5.41, 5.74) is 0. The van der Waals surface area contributed by atoms with Gasteiger partial charge in [-0.1, -0.05) is 0 Å². The Morgan fingerprint density at radius 3 is 1.54 bits per heavy atom. The molecule has 0 saturated carbocycles. The molecule has 0 amide bonds. The second kappa shape index (κ2) is 6.27. The standard InChI is InChI=1S/B12H14O/c1-7-10(6)12(13)11(8(2)3)9(4)5/h7,13H,1-6H2. The van der Waals surface area contributed by atoms with Crippen LogP contribution in [0.3, 0.4) is 0 Å². The van der Waals surface area contributed by atoms with Crippen LogP contribution < -0.4 is 0 Å². The highest BCUT2D eigenvalue weighted by Gasteiger charge is 2.36. The zero-order valence-corrected chi connectivity index (χ0v) is 10.0. The predicted molar refractivity (Wildman–Crippen MR) is 89.4 cm³/mol. The molecule has 0 spiro atoms.